The van der Waals surface area contributed by atoms with Crippen LogP contribution in [0.5, 0.6) is 0 Å². The summed E-state index contributed by atoms with van der Waals surface area (Å²) in [5, 5.41) is 8.39. The molecule has 0 aliphatic heterocycles. The van der Waals surface area contributed by atoms with E-state index in [1.165, 1.54) is 23.5 Å². The molecule has 0 radical (unpaired) electrons. The number of carbonyl (C=O) groups is 1. The third-order valence-electron chi connectivity index (χ3n) is 4.21. The fraction of sp³-hybridized carbons (Fsp3) is 0.100. The lowest BCUT2D eigenvalue weighted by Crippen LogP contribution is -2.10. The largest absolute Gasteiger partial charge is 0.321 e. The number of nitrogens with zero attached hydrogens (tertiary/aromatic N) is 2. The highest BCUT2D eigenvalue weighted by atomic mass is 32.1. The second kappa shape index (κ2) is 6.38. The minimum absolute atomic E-state index is 0.214. The molecule has 0 spiro atoms. The van der Waals surface area contributed by atoms with Crippen LogP contribution in [0.3, 0.4) is 0 Å². The molecule has 1 amide bonds. The van der Waals surface area contributed by atoms with Crippen LogP contribution in [0.2, 0.25) is 0 Å². The highest BCUT2D eigenvalue weighted by Gasteiger charge is 2.18. The van der Waals surface area contributed by atoms with E-state index in [9.17, 15) is 9.18 Å². The van der Waals surface area contributed by atoms with Gasteiger partial charge in [0.2, 0.25) is 0 Å². The van der Waals surface area contributed by atoms with E-state index in [-0.39, 0.29) is 11.7 Å². The Hall–Kier alpha value is -2.99. The fourth-order valence-electron chi connectivity index (χ4n) is 2.85. The Labute approximate surface area is 153 Å². The van der Waals surface area contributed by atoms with E-state index < -0.39 is 0 Å². The molecule has 2 aromatic heterocycles. The molecule has 0 atom stereocenters. The molecule has 0 unspecified atom stereocenters. The van der Waals surface area contributed by atoms with Crippen LogP contribution in [0, 0.1) is 19.7 Å². The average Bonchev–Trinajstić information content (AvgIpc) is 3.19. The van der Waals surface area contributed by atoms with Gasteiger partial charge in [-0.15, -0.1) is 11.3 Å². The number of aromatic nitrogens is 2. The van der Waals surface area contributed by atoms with Crippen molar-refractivity contribution in [2.24, 2.45) is 0 Å². The number of hydrogen-bond acceptors (Lipinski definition) is 3. The van der Waals surface area contributed by atoms with Gasteiger partial charge in [0.1, 0.15) is 10.6 Å². The molecule has 2 heterocycles. The number of rotatable bonds is 3. The summed E-state index contributed by atoms with van der Waals surface area (Å²) in [4.78, 5) is 14.1. The summed E-state index contributed by atoms with van der Waals surface area (Å²) in [6.07, 6.45) is 0. The Bertz CT molecular complexity index is 1110. The first-order valence-electron chi connectivity index (χ1n) is 8.15. The molecule has 2 aromatic carbocycles. The van der Waals surface area contributed by atoms with Gasteiger partial charge in [0.05, 0.1) is 16.3 Å². The first kappa shape index (κ1) is 16.5. The van der Waals surface area contributed by atoms with Crippen molar-refractivity contribution in [3.8, 4) is 5.69 Å². The Morgan fingerprint density at radius 3 is 2.58 bits per heavy atom. The molecule has 0 aliphatic carbocycles. The van der Waals surface area contributed by atoms with Gasteiger partial charge in [-0.25, -0.2) is 9.07 Å². The molecular formula is C20H16FN3OS. The van der Waals surface area contributed by atoms with Crippen LogP contribution in [0.15, 0.2) is 54.6 Å². The highest BCUT2D eigenvalue weighted by Crippen LogP contribution is 2.31. The standard InChI is InChI=1S/C20H16FN3OS/c1-12-5-3-4-6-17(12)24-20-16(13(2)23-24)11-18(26-20)19(25)22-15-9-7-14(21)8-10-15/h3-11H,1-2H3,(H,22,25). The Morgan fingerprint density at radius 2 is 1.85 bits per heavy atom. The molecule has 0 saturated carbocycles. The van der Waals surface area contributed by atoms with Crippen molar-refractivity contribution >= 4 is 33.1 Å². The van der Waals surface area contributed by atoms with Crippen LogP contribution in [0.25, 0.3) is 15.9 Å². The number of benzene rings is 2. The number of fused-ring (bicyclic) bond motifs is 1. The maximum absolute atomic E-state index is 13.0. The quantitative estimate of drug-likeness (QED) is 0.549. The van der Waals surface area contributed by atoms with Crippen molar-refractivity contribution in [3.05, 3.63) is 76.5 Å². The number of para-hydroxylation sites is 1. The minimum Gasteiger partial charge on any atom is -0.321 e. The van der Waals surface area contributed by atoms with Crippen LogP contribution in [0.4, 0.5) is 10.1 Å². The van der Waals surface area contributed by atoms with E-state index in [2.05, 4.69) is 10.4 Å². The first-order chi connectivity index (χ1) is 12.5. The molecule has 0 saturated heterocycles. The van der Waals surface area contributed by atoms with Crippen LogP contribution < -0.4 is 5.32 Å². The summed E-state index contributed by atoms with van der Waals surface area (Å²) in [5.41, 5.74) is 3.55. The zero-order valence-corrected chi connectivity index (χ0v) is 15.1. The van der Waals surface area contributed by atoms with E-state index in [0.29, 0.717) is 10.6 Å². The van der Waals surface area contributed by atoms with Crippen molar-refractivity contribution in [3.63, 3.8) is 0 Å². The van der Waals surface area contributed by atoms with Gasteiger partial charge in [0.25, 0.3) is 5.91 Å². The van der Waals surface area contributed by atoms with Crippen LogP contribution in [-0.2, 0) is 0 Å². The van der Waals surface area contributed by atoms with Gasteiger partial charge in [-0.2, -0.15) is 5.10 Å². The lowest BCUT2D eigenvalue weighted by Gasteiger charge is -2.06. The SMILES string of the molecule is Cc1ccccc1-n1nc(C)c2cc(C(=O)Nc3ccc(F)cc3)sc21. The molecule has 4 rings (SSSR count). The van der Waals surface area contributed by atoms with Crippen molar-refractivity contribution < 1.29 is 9.18 Å². The molecule has 0 bridgehead atoms. The monoisotopic (exact) mass is 365 g/mol. The maximum atomic E-state index is 13.0. The van der Waals surface area contributed by atoms with Crippen LogP contribution >= 0.6 is 11.3 Å². The number of carbonyl (C=O) groups excluding carboxylic acids is 1. The maximum Gasteiger partial charge on any atom is 0.265 e. The van der Waals surface area contributed by atoms with Gasteiger partial charge in [-0.3, -0.25) is 4.79 Å². The third-order valence-corrected chi connectivity index (χ3v) is 5.32. The number of halogens is 1. The normalized spacial score (nSPS) is 11.0. The van der Waals surface area contributed by atoms with Gasteiger partial charge in [0, 0.05) is 11.1 Å². The lowest BCUT2D eigenvalue weighted by molar-refractivity contribution is 0.103. The molecule has 1 N–H and O–H groups in total. The molecule has 0 aliphatic rings. The highest BCUT2D eigenvalue weighted by molar-refractivity contribution is 7.20. The van der Waals surface area contributed by atoms with E-state index >= 15 is 0 Å². The third kappa shape index (κ3) is 2.88. The van der Waals surface area contributed by atoms with E-state index in [1.807, 2.05) is 48.9 Å². The van der Waals surface area contributed by atoms with Gasteiger partial charge in [0.15, 0.2) is 0 Å². The van der Waals surface area contributed by atoms with Crippen LogP contribution in [0.1, 0.15) is 20.9 Å². The van der Waals surface area contributed by atoms with Gasteiger partial charge >= 0.3 is 0 Å². The van der Waals surface area contributed by atoms with E-state index in [4.69, 9.17) is 0 Å². The molecular weight excluding hydrogens is 349 g/mol. The van der Waals surface area contributed by atoms with Crippen LogP contribution in [-0.4, -0.2) is 15.7 Å². The van der Waals surface area contributed by atoms with Crippen molar-refractivity contribution in [1.82, 2.24) is 9.78 Å². The summed E-state index contributed by atoms with van der Waals surface area (Å²) >= 11 is 1.39. The smallest absolute Gasteiger partial charge is 0.265 e. The number of nitrogens with one attached hydrogen (secondary N) is 1. The molecule has 0 fully saturated rings. The number of anilines is 1. The van der Waals surface area contributed by atoms with Crippen molar-refractivity contribution in [2.75, 3.05) is 5.32 Å². The van der Waals surface area contributed by atoms with Crippen molar-refractivity contribution in [2.45, 2.75) is 13.8 Å². The zero-order chi connectivity index (χ0) is 18.3. The summed E-state index contributed by atoms with van der Waals surface area (Å²) in [6.45, 7) is 3.97. The molecule has 4 nitrogen and oxygen atoms in total. The topological polar surface area (TPSA) is 46.9 Å². The average molecular weight is 365 g/mol. The number of thiophene rings is 1. The Balaban J connectivity index is 1.72. The minimum atomic E-state index is -0.334. The Morgan fingerprint density at radius 1 is 1.12 bits per heavy atom. The predicted molar refractivity (Wildman–Crippen MR) is 103 cm³/mol. The number of amides is 1. The zero-order valence-electron chi connectivity index (χ0n) is 14.3. The number of hydrogen-bond donors (Lipinski definition) is 1. The lowest BCUT2D eigenvalue weighted by atomic mass is 10.2. The molecule has 4 aromatic rings. The van der Waals surface area contributed by atoms with Gasteiger partial charge < -0.3 is 5.32 Å². The fourth-order valence-corrected chi connectivity index (χ4v) is 3.92. The summed E-state index contributed by atoms with van der Waals surface area (Å²) in [7, 11) is 0. The first-order valence-corrected chi connectivity index (χ1v) is 8.96. The van der Waals surface area contributed by atoms with Crippen molar-refractivity contribution in [1.29, 1.82) is 0 Å². The molecule has 26 heavy (non-hydrogen) atoms. The number of aryl methyl sites for hydroxylation is 2. The summed E-state index contributed by atoms with van der Waals surface area (Å²) in [6, 6.07) is 15.6. The second-order valence-electron chi connectivity index (χ2n) is 6.07. The molecule has 6 heteroatoms. The second-order valence-corrected chi connectivity index (χ2v) is 7.10. The van der Waals surface area contributed by atoms with E-state index in [0.717, 1.165) is 27.2 Å². The van der Waals surface area contributed by atoms with Gasteiger partial charge in [-0.05, 0) is 55.8 Å². The summed E-state index contributed by atoms with van der Waals surface area (Å²) < 4.78 is 14.9. The summed E-state index contributed by atoms with van der Waals surface area (Å²) in [5.74, 6) is -0.549. The van der Waals surface area contributed by atoms with Gasteiger partial charge in [-0.1, -0.05) is 18.2 Å². The molecule has 130 valence electrons. The van der Waals surface area contributed by atoms with E-state index in [1.54, 1.807) is 12.1 Å². The predicted octanol–water partition coefficient (Wildman–Crippen LogP) is 5.10. The Kier molecular flexibility index (Phi) is 4.05.